The van der Waals surface area contributed by atoms with E-state index in [0.717, 1.165) is 31.1 Å². The van der Waals surface area contributed by atoms with Crippen molar-refractivity contribution in [2.24, 2.45) is 0 Å². The van der Waals surface area contributed by atoms with E-state index in [1.807, 2.05) is 24.5 Å². The molecule has 1 N–H and O–H groups in total. The lowest BCUT2D eigenvalue weighted by Gasteiger charge is -2.20. The Hall–Kier alpha value is -1.81. The minimum atomic E-state index is 0.212. The summed E-state index contributed by atoms with van der Waals surface area (Å²) in [7, 11) is 1.72. The molecule has 4 heteroatoms. The number of hydrogen-bond donors (Lipinski definition) is 1. The summed E-state index contributed by atoms with van der Waals surface area (Å²) in [6.45, 7) is 6.11. The van der Waals surface area contributed by atoms with Gasteiger partial charge < -0.3 is 14.6 Å². The van der Waals surface area contributed by atoms with Crippen LogP contribution in [0.25, 0.3) is 0 Å². The number of nitrogens with zero attached hydrogens (tertiary/aromatic N) is 2. The molecule has 0 aliphatic rings. The maximum atomic E-state index is 5.48. The number of likely N-dealkylation sites (N-methyl/N-ethyl adjacent to an activating group) is 1. The number of aromatic nitrogens is 2. The summed E-state index contributed by atoms with van der Waals surface area (Å²) in [6, 6.07) is 8.38. The third kappa shape index (κ3) is 3.20. The van der Waals surface area contributed by atoms with E-state index in [9.17, 15) is 0 Å². The molecule has 4 nitrogen and oxygen atoms in total. The third-order valence-corrected chi connectivity index (χ3v) is 3.49. The van der Waals surface area contributed by atoms with Gasteiger partial charge in [0.2, 0.25) is 0 Å². The molecule has 1 aromatic carbocycles. The van der Waals surface area contributed by atoms with E-state index in [-0.39, 0.29) is 6.04 Å². The maximum absolute atomic E-state index is 5.48. The van der Waals surface area contributed by atoms with Gasteiger partial charge in [-0.25, -0.2) is 4.98 Å². The molecule has 0 radical (unpaired) electrons. The van der Waals surface area contributed by atoms with Crippen molar-refractivity contribution in [1.29, 1.82) is 0 Å². The molecule has 1 heterocycles. The molecule has 0 saturated heterocycles. The summed E-state index contributed by atoms with van der Waals surface area (Å²) >= 11 is 0. The van der Waals surface area contributed by atoms with E-state index < -0.39 is 0 Å². The monoisotopic (exact) mass is 273 g/mol. The summed E-state index contributed by atoms with van der Waals surface area (Å²) in [5.74, 6) is 2.03. The minimum absolute atomic E-state index is 0.212. The predicted octanol–water partition coefficient (Wildman–Crippen LogP) is 2.80. The minimum Gasteiger partial charge on any atom is -0.496 e. The fourth-order valence-corrected chi connectivity index (χ4v) is 2.49. The topological polar surface area (TPSA) is 39.1 Å². The van der Waals surface area contributed by atoms with Crippen LogP contribution < -0.4 is 10.1 Å². The Morgan fingerprint density at radius 1 is 1.30 bits per heavy atom. The Balaban J connectivity index is 2.27. The van der Waals surface area contributed by atoms with Gasteiger partial charge in [0, 0.05) is 37.0 Å². The Bertz CT molecular complexity index is 536. The van der Waals surface area contributed by atoms with Crippen molar-refractivity contribution in [1.82, 2.24) is 14.9 Å². The van der Waals surface area contributed by atoms with Crippen LogP contribution in [0.2, 0.25) is 0 Å². The highest BCUT2D eigenvalue weighted by Crippen LogP contribution is 2.27. The van der Waals surface area contributed by atoms with Crippen LogP contribution in [0.4, 0.5) is 0 Å². The molecule has 1 atom stereocenters. The second kappa shape index (κ2) is 7.10. The van der Waals surface area contributed by atoms with E-state index in [2.05, 4.69) is 40.8 Å². The Labute approximate surface area is 120 Å². The molecule has 0 saturated carbocycles. The Morgan fingerprint density at radius 2 is 2.10 bits per heavy atom. The van der Waals surface area contributed by atoms with Gasteiger partial charge in [0.15, 0.2) is 0 Å². The van der Waals surface area contributed by atoms with E-state index in [1.165, 1.54) is 5.56 Å². The Kier molecular flexibility index (Phi) is 5.18. The first kappa shape index (κ1) is 14.6. The molecule has 2 rings (SSSR count). The molecular formula is C16H23N3O. The average molecular weight is 273 g/mol. The first-order chi connectivity index (χ1) is 9.80. The molecule has 0 aliphatic carbocycles. The molecule has 0 amide bonds. The highest BCUT2D eigenvalue weighted by atomic mass is 16.5. The number of rotatable bonds is 7. The van der Waals surface area contributed by atoms with Crippen LogP contribution in [-0.2, 0) is 13.0 Å². The fourth-order valence-electron chi connectivity index (χ4n) is 2.49. The second-order valence-corrected chi connectivity index (χ2v) is 4.69. The van der Waals surface area contributed by atoms with Gasteiger partial charge in [0.25, 0.3) is 0 Å². The van der Waals surface area contributed by atoms with Crippen LogP contribution in [0.1, 0.15) is 31.3 Å². The lowest BCUT2D eigenvalue weighted by Crippen LogP contribution is -2.24. The fraction of sp³-hybridized carbons (Fsp3) is 0.438. The zero-order valence-corrected chi connectivity index (χ0v) is 12.5. The van der Waals surface area contributed by atoms with Crippen LogP contribution in [0.5, 0.6) is 5.75 Å². The van der Waals surface area contributed by atoms with Crippen molar-refractivity contribution < 1.29 is 4.74 Å². The van der Waals surface area contributed by atoms with E-state index >= 15 is 0 Å². The summed E-state index contributed by atoms with van der Waals surface area (Å²) in [6.07, 6.45) is 4.75. The largest absolute Gasteiger partial charge is 0.496 e. The predicted molar refractivity (Wildman–Crippen MR) is 81.0 cm³/mol. The number of imidazole rings is 1. The smallest absolute Gasteiger partial charge is 0.123 e. The van der Waals surface area contributed by atoms with Crippen molar-refractivity contribution in [2.45, 2.75) is 32.9 Å². The van der Waals surface area contributed by atoms with Gasteiger partial charge in [-0.1, -0.05) is 25.1 Å². The zero-order chi connectivity index (χ0) is 14.4. The van der Waals surface area contributed by atoms with Crippen LogP contribution in [0.15, 0.2) is 36.7 Å². The van der Waals surface area contributed by atoms with Gasteiger partial charge >= 0.3 is 0 Å². The van der Waals surface area contributed by atoms with Crippen molar-refractivity contribution in [3.8, 4) is 5.75 Å². The van der Waals surface area contributed by atoms with Crippen LogP contribution in [0.3, 0.4) is 0 Å². The lowest BCUT2D eigenvalue weighted by molar-refractivity contribution is 0.397. The van der Waals surface area contributed by atoms with Crippen molar-refractivity contribution in [2.75, 3.05) is 13.7 Å². The quantitative estimate of drug-likeness (QED) is 0.843. The van der Waals surface area contributed by atoms with E-state index in [4.69, 9.17) is 4.74 Å². The van der Waals surface area contributed by atoms with Crippen LogP contribution >= 0.6 is 0 Å². The number of nitrogens with one attached hydrogen (secondary N) is 1. The van der Waals surface area contributed by atoms with Crippen molar-refractivity contribution in [3.63, 3.8) is 0 Å². The number of para-hydroxylation sites is 1. The second-order valence-electron chi connectivity index (χ2n) is 4.69. The molecular weight excluding hydrogens is 250 g/mol. The summed E-state index contributed by atoms with van der Waals surface area (Å²) in [5.41, 5.74) is 1.18. The van der Waals surface area contributed by atoms with Crippen LogP contribution in [-0.4, -0.2) is 23.2 Å². The van der Waals surface area contributed by atoms with Gasteiger partial charge in [-0.15, -0.1) is 0 Å². The number of aryl methyl sites for hydroxylation is 1. The molecule has 0 spiro atoms. The molecule has 2 aromatic rings. The first-order valence-electron chi connectivity index (χ1n) is 7.16. The molecule has 0 fully saturated rings. The Morgan fingerprint density at radius 3 is 2.80 bits per heavy atom. The van der Waals surface area contributed by atoms with Gasteiger partial charge in [0.1, 0.15) is 11.6 Å². The number of benzene rings is 1. The third-order valence-electron chi connectivity index (χ3n) is 3.49. The summed E-state index contributed by atoms with van der Waals surface area (Å²) < 4.78 is 7.66. The normalized spacial score (nSPS) is 12.3. The molecule has 1 aromatic heterocycles. The number of ether oxygens (including phenoxy) is 1. The number of methoxy groups -OCH3 is 1. The molecule has 0 bridgehead atoms. The summed E-state index contributed by atoms with van der Waals surface area (Å²) in [4.78, 5) is 4.47. The molecule has 20 heavy (non-hydrogen) atoms. The average Bonchev–Trinajstić information content (AvgIpc) is 2.94. The molecule has 0 aliphatic heterocycles. The van der Waals surface area contributed by atoms with Gasteiger partial charge in [-0.3, -0.25) is 0 Å². The number of hydrogen-bond acceptors (Lipinski definition) is 3. The van der Waals surface area contributed by atoms with Crippen molar-refractivity contribution in [3.05, 3.63) is 48.0 Å². The molecule has 108 valence electrons. The van der Waals surface area contributed by atoms with Gasteiger partial charge in [-0.05, 0) is 19.5 Å². The van der Waals surface area contributed by atoms with Crippen LogP contribution in [0, 0.1) is 0 Å². The standard InChI is InChI=1S/C16H23N3O/c1-4-17-14(12-16-18-10-11-19(16)5-2)13-8-6-7-9-15(13)20-3/h6-11,14,17H,4-5,12H2,1-3H3. The zero-order valence-electron chi connectivity index (χ0n) is 12.5. The van der Waals surface area contributed by atoms with Crippen molar-refractivity contribution >= 4 is 0 Å². The highest BCUT2D eigenvalue weighted by molar-refractivity contribution is 5.36. The summed E-state index contributed by atoms with van der Waals surface area (Å²) in [5, 5.41) is 3.53. The van der Waals surface area contributed by atoms with E-state index in [0.29, 0.717) is 0 Å². The molecule has 1 unspecified atom stereocenters. The first-order valence-corrected chi connectivity index (χ1v) is 7.16. The highest BCUT2D eigenvalue weighted by Gasteiger charge is 2.17. The SMILES string of the molecule is CCNC(Cc1nccn1CC)c1ccccc1OC. The van der Waals surface area contributed by atoms with Gasteiger partial charge in [0.05, 0.1) is 7.11 Å². The maximum Gasteiger partial charge on any atom is 0.123 e. The van der Waals surface area contributed by atoms with E-state index in [1.54, 1.807) is 7.11 Å². The van der Waals surface area contributed by atoms with Gasteiger partial charge in [-0.2, -0.15) is 0 Å². The lowest BCUT2D eigenvalue weighted by atomic mass is 10.0.